The molecular weight excluding hydrogens is 390 g/mol. The molecule has 168 valence electrons. The molecule has 2 aromatic rings. The summed E-state index contributed by atoms with van der Waals surface area (Å²) in [7, 11) is 1.54. The van der Waals surface area contributed by atoms with Crippen molar-refractivity contribution in [3.8, 4) is 17.2 Å². The summed E-state index contributed by atoms with van der Waals surface area (Å²) in [5, 5.41) is 3.82. The molecule has 0 atom stereocenters. The van der Waals surface area contributed by atoms with E-state index in [0.717, 1.165) is 57.9 Å². The number of rotatable bonds is 12. The molecule has 0 spiro atoms. The molecule has 0 bridgehead atoms. The average Bonchev–Trinajstić information content (AvgIpc) is 2.72. The van der Waals surface area contributed by atoms with Crippen LogP contribution >= 0.6 is 0 Å². The zero-order valence-electron chi connectivity index (χ0n) is 19.7. The van der Waals surface area contributed by atoms with Gasteiger partial charge in [0.05, 0.1) is 19.4 Å². The van der Waals surface area contributed by atoms with E-state index >= 15 is 0 Å². The maximum atomic E-state index is 6.05. The maximum Gasteiger partial charge on any atom is 0.125 e. The van der Waals surface area contributed by atoms with Crippen molar-refractivity contribution in [2.45, 2.75) is 47.5 Å². The highest BCUT2D eigenvalue weighted by atomic mass is 16.6. The fraction of sp³-hybridized carbons (Fsp3) is 0.423. The molecule has 0 unspecified atom stereocenters. The van der Waals surface area contributed by atoms with Gasteiger partial charge >= 0.3 is 0 Å². The molecule has 0 saturated heterocycles. The summed E-state index contributed by atoms with van der Waals surface area (Å²) in [6.45, 7) is 12.1. The quantitative estimate of drug-likeness (QED) is 0.179. The van der Waals surface area contributed by atoms with Gasteiger partial charge < -0.3 is 19.0 Å². The summed E-state index contributed by atoms with van der Waals surface area (Å²) in [6.07, 6.45) is 7.52. The van der Waals surface area contributed by atoms with Crippen LogP contribution in [0.15, 0.2) is 41.6 Å². The normalized spacial score (nSPS) is 11.3. The Hall–Kier alpha value is -2.95. The Morgan fingerprint density at radius 2 is 1.29 bits per heavy atom. The third kappa shape index (κ3) is 7.67. The lowest BCUT2D eigenvalue weighted by atomic mass is 10.1. The number of nitrogens with zero attached hydrogens (tertiary/aromatic N) is 1. The number of oxime groups is 1. The fourth-order valence-corrected chi connectivity index (χ4v) is 3.41. The first-order valence-corrected chi connectivity index (χ1v) is 10.7. The van der Waals surface area contributed by atoms with Crippen LogP contribution in [0.1, 0.15) is 47.6 Å². The highest BCUT2D eigenvalue weighted by Gasteiger charge is 2.08. The van der Waals surface area contributed by atoms with Crippen molar-refractivity contribution in [1.29, 1.82) is 0 Å². The molecule has 0 amide bonds. The first kappa shape index (κ1) is 24.3. The molecule has 2 rings (SSSR count). The highest BCUT2D eigenvalue weighted by Crippen LogP contribution is 2.29. The van der Waals surface area contributed by atoms with Crippen molar-refractivity contribution in [3.63, 3.8) is 0 Å². The number of unbranched alkanes of at least 4 members (excludes halogenated alkanes) is 1. The first-order valence-electron chi connectivity index (χ1n) is 10.7. The molecule has 2 aromatic carbocycles. The van der Waals surface area contributed by atoms with Gasteiger partial charge in [0.25, 0.3) is 0 Å². The Morgan fingerprint density at radius 1 is 0.774 bits per heavy atom. The molecule has 31 heavy (non-hydrogen) atoms. The first-order chi connectivity index (χ1) is 15.0. The number of aryl methyl sites for hydroxylation is 4. The van der Waals surface area contributed by atoms with Crippen LogP contribution in [-0.2, 0) is 4.84 Å². The number of hydrogen-bond donors (Lipinski definition) is 0. The molecule has 0 aliphatic heterocycles. The standard InChI is InChI=1S/C26H35NO4/c1-7-8-11-29-24-16-21(4)26(22(5)17-24)31-13-10-9-12-30-25-19(2)14-23(15-20(25)3)18-27-28-6/h7-8,14-18H,9-13H2,1-6H3/b8-7+,27-18+. The van der Waals surface area contributed by atoms with E-state index in [1.807, 2.05) is 57.2 Å². The Bertz CT molecular complexity index is 856. The molecule has 0 fully saturated rings. The van der Waals surface area contributed by atoms with Crippen LogP contribution in [-0.4, -0.2) is 33.1 Å². The molecule has 0 saturated carbocycles. The number of hydrogen-bond acceptors (Lipinski definition) is 5. The molecule has 0 aliphatic rings. The SMILES string of the molecule is C/C=C/COc1cc(C)c(OCCCCOc2c(C)cc(/C=N/OC)cc2C)c(C)c1. The van der Waals surface area contributed by atoms with Gasteiger partial charge in [0.1, 0.15) is 31.0 Å². The van der Waals surface area contributed by atoms with Gasteiger partial charge in [-0.15, -0.1) is 0 Å². The summed E-state index contributed by atoms with van der Waals surface area (Å²) < 4.78 is 17.8. The number of ether oxygens (including phenoxy) is 3. The van der Waals surface area contributed by atoms with Gasteiger partial charge in [0.2, 0.25) is 0 Å². The fourth-order valence-electron chi connectivity index (χ4n) is 3.41. The van der Waals surface area contributed by atoms with Crippen molar-refractivity contribution >= 4 is 6.21 Å². The second kappa shape index (κ2) is 12.7. The van der Waals surface area contributed by atoms with Crippen molar-refractivity contribution < 1.29 is 19.0 Å². The Kier molecular flexibility index (Phi) is 9.95. The van der Waals surface area contributed by atoms with Gasteiger partial charge in [-0.25, -0.2) is 0 Å². The van der Waals surface area contributed by atoms with Gasteiger partial charge in [-0.2, -0.15) is 0 Å². The van der Waals surface area contributed by atoms with Crippen LogP contribution in [0.2, 0.25) is 0 Å². The molecular formula is C26H35NO4. The molecule has 0 N–H and O–H groups in total. The zero-order chi connectivity index (χ0) is 22.6. The summed E-state index contributed by atoms with van der Waals surface area (Å²) >= 11 is 0. The van der Waals surface area contributed by atoms with Crippen LogP contribution < -0.4 is 14.2 Å². The average molecular weight is 426 g/mol. The largest absolute Gasteiger partial charge is 0.493 e. The molecule has 5 heteroatoms. The van der Waals surface area contributed by atoms with E-state index in [9.17, 15) is 0 Å². The predicted octanol–water partition coefficient (Wildman–Crippen LogP) is 6.09. The van der Waals surface area contributed by atoms with E-state index in [1.165, 1.54) is 7.11 Å². The van der Waals surface area contributed by atoms with Crippen molar-refractivity contribution in [2.24, 2.45) is 5.16 Å². The van der Waals surface area contributed by atoms with Gasteiger partial charge in [0, 0.05) is 0 Å². The highest BCUT2D eigenvalue weighted by molar-refractivity contribution is 5.80. The van der Waals surface area contributed by atoms with E-state index in [0.29, 0.717) is 19.8 Å². The second-order valence-corrected chi connectivity index (χ2v) is 7.57. The molecule has 0 aromatic heterocycles. The number of allylic oxidation sites excluding steroid dienone is 1. The summed E-state index contributed by atoms with van der Waals surface area (Å²) in [5.74, 6) is 2.76. The van der Waals surface area contributed by atoms with Crippen LogP contribution in [0.5, 0.6) is 17.2 Å². The minimum atomic E-state index is 0.581. The predicted molar refractivity (Wildman–Crippen MR) is 127 cm³/mol. The van der Waals surface area contributed by atoms with E-state index in [4.69, 9.17) is 19.0 Å². The Balaban J connectivity index is 1.79. The zero-order valence-corrected chi connectivity index (χ0v) is 19.7. The Labute approximate surface area is 186 Å². The van der Waals surface area contributed by atoms with Gasteiger partial charge in [-0.3, -0.25) is 0 Å². The van der Waals surface area contributed by atoms with E-state index in [1.54, 1.807) is 6.21 Å². The summed E-state index contributed by atoms with van der Waals surface area (Å²) in [5.41, 5.74) is 5.38. The van der Waals surface area contributed by atoms with Crippen LogP contribution in [0, 0.1) is 27.7 Å². The lowest BCUT2D eigenvalue weighted by Crippen LogP contribution is -2.06. The minimum Gasteiger partial charge on any atom is -0.493 e. The smallest absolute Gasteiger partial charge is 0.125 e. The van der Waals surface area contributed by atoms with Gasteiger partial charge in [0.15, 0.2) is 0 Å². The minimum absolute atomic E-state index is 0.581. The van der Waals surface area contributed by atoms with Crippen molar-refractivity contribution in [2.75, 3.05) is 26.9 Å². The third-order valence-electron chi connectivity index (χ3n) is 4.84. The van der Waals surface area contributed by atoms with Crippen LogP contribution in [0.4, 0.5) is 0 Å². The van der Waals surface area contributed by atoms with E-state index in [2.05, 4.69) is 19.0 Å². The molecule has 0 heterocycles. The van der Waals surface area contributed by atoms with Crippen LogP contribution in [0.25, 0.3) is 0 Å². The van der Waals surface area contributed by atoms with E-state index in [-0.39, 0.29) is 0 Å². The molecule has 5 nitrogen and oxygen atoms in total. The van der Waals surface area contributed by atoms with E-state index < -0.39 is 0 Å². The maximum absolute atomic E-state index is 6.05. The van der Waals surface area contributed by atoms with Crippen molar-refractivity contribution in [3.05, 3.63) is 64.2 Å². The van der Waals surface area contributed by atoms with Crippen molar-refractivity contribution in [1.82, 2.24) is 0 Å². The van der Waals surface area contributed by atoms with Crippen LogP contribution in [0.3, 0.4) is 0 Å². The topological polar surface area (TPSA) is 49.3 Å². The summed E-state index contributed by atoms with van der Waals surface area (Å²) in [6, 6.07) is 8.15. The molecule has 0 radical (unpaired) electrons. The van der Waals surface area contributed by atoms with Gasteiger partial charge in [-0.05, 0) is 99.5 Å². The lowest BCUT2D eigenvalue weighted by Gasteiger charge is -2.15. The Morgan fingerprint density at radius 3 is 1.77 bits per heavy atom. The third-order valence-corrected chi connectivity index (χ3v) is 4.84. The lowest BCUT2D eigenvalue weighted by molar-refractivity contribution is 0.215. The monoisotopic (exact) mass is 425 g/mol. The molecule has 0 aliphatic carbocycles. The van der Waals surface area contributed by atoms with Gasteiger partial charge in [-0.1, -0.05) is 17.3 Å². The summed E-state index contributed by atoms with van der Waals surface area (Å²) in [4.78, 5) is 4.75. The second-order valence-electron chi connectivity index (χ2n) is 7.57. The number of benzene rings is 2.